The van der Waals surface area contributed by atoms with Gasteiger partial charge in [0.25, 0.3) is 0 Å². The van der Waals surface area contributed by atoms with Crippen molar-refractivity contribution < 1.29 is 5.11 Å². The average Bonchev–Trinajstić information content (AvgIpc) is 2.88. The molecule has 0 unspecified atom stereocenters. The van der Waals surface area contributed by atoms with E-state index in [4.69, 9.17) is 4.98 Å². The number of fused-ring (bicyclic) bond motifs is 2. The van der Waals surface area contributed by atoms with Crippen molar-refractivity contribution in [3.8, 4) is 16.9 Å². The molecule has 0 atom stereocenters. The van der Waals surface area contributed by atoms with E-state index in [1.807, 2.05) is 36.4 Å². The molecule has 0 saturated heterocycles. The molecule has 0 aliphatic rings. The molecule has 5 aromatic rings. The number of nitrogens with zero attached hydrogens (tertiary/aromatic N) is 3. The Labute approximate surface area is 199 Å². The van der Waals surface area contributed by atoms with Crippen LogP contribution in [-0.4, -0.2) is 29.4 Å². The SMILES string of the molecule is CCN(CC)c1ccc(C=Nc2ccc(-c3c4ccccc4nc4ccccc34)cc2)c(O)c1. The molecule has 1 N–H and O–H groups in total. The van der Waals surface area contributed by atoms with Crippen molar-refractivity contribution in [1.29, 1.82) is 0 Å². The predicted octanol–water partition coefficient (Wildman–Crippen LogP) is 7.36. The van der Waals surface area contributed by atoms with E-state index in [0.717, 1.165) is 51.8 Å². The molecular weight excluding hydrogens is 418 g/mol. The fourth-order valence-corrected chi connectivity index (χ4v) is 4.44. The largest absolute Gasteiger partial charge is 0.507 e. The van der Waals surface area contributed by atoms with Crippen LogP contribution in [0.2, 0.25) is 0 Å². The van der Waals surface area contributed by atoms with E-state index in [-0.39, 0.29) is 5.75 Å². The fraction of sp³-hybridized carbons (Fsp3) is 0.133. The smallest absolute Gasteiger partial charge is 0.126 e. The van der Waals surface area contributed by atoms with Crippen molar-refractivity contribution in [2.75, 3.05) is 18.0 Å². The van der Waals surface area contributed by atoms with Gasteiger partial charge >= 0.3 is 0 Å². The molecule has 4 aromatic carbocycles. The third-order valence-corrected chi connectivity index (χ3v) is 6.24. The first-order valence-corrected chi connectivity index (χ1v) is 11.7. The molecular formula is C30H27N3O. The third kappa shape index (κ3) is 4.11. The maximum Gasteiger partial charge on any atom is 0.126 e. The minimum absolute atomic E-state index is 0.236. The monoisotopic (exact) mass is 445 g/mol. The van der Waals surface area contributed by atoms with Crippen LogP contribution in [0, 0.1) is 0 Å². The van der Waals surface area contributed by atoms with Crippen molar-refractivity contribution in [2.24, 2.45) is 4.99 Å². The lowest BCUT2D eigenvalue weighted by Crippen LogP contribution is -2.21. The molecule has 0 aliphatic heterocycles. The summed E-state index contributed by atoms with van der Waals surface area (Å²) >= 11 is 0. The van der Waals surface area contributed by atoms with Crippen LogP contribution in [0.4, 0.5) is 11.4 Å². The summed E-state index contributed by atoms with van der Waals surface area (Å²) in [4.78, 5) is 11.6. The highest BCUT2D eigenvalue weighted by molar-refractivity contribution is 6.09. The van der Waals surface area contributed by atoms with Gasteiger partial charge in [0.15, 0.2) is 0 Å². The maximum atomic E-state index is 10.5. The number of benzene rings is 4. The lowest BCUT2D eigenvalue weighted by Gasteiger charge is -2.21. The highest BCUT2D eigenvalue weighted by atomic mass is 16.3. The second-order valence-electron chi connectivity index (χ2n) is 8.24. The molecule has 0 amide bonds. The van der Waals surface area contributed by atoms with Crippen LogP contribution < -0.4 is 4.90 Å². The van der Waals surface area contributed by atoms with Crippen LogP contribution in [-0.2, 0) is 0 Å². The molecule has 1 aromatic heterocycles. The summed E-state index contributed by atoms with van der Waals surface area (Å²) in [5.74, 6) is 0.236. The average molecular weight is 446 g/mol. The quantitative estimate of drug-likeness (QED) is 0.219. The molecule has 4 nitrogen and oxygen atoms in total. The molecule has 0 saturated carbocycles. The standard InChI is InChI=1S/C30H27N3O/c1-3-33(4-2)24-18-15-22(29(34)19-24)20-31-23-16-13-21(14-17-23)30-25-9-5-7-11-27(25)32-28-12-8-6-10-26(28)30/h5-20,34H,3-4H2,1-2H3. The Morgan fingerprint density at radius 3 is 2.00 bits per heavy atom. The molecule has 34 heavy (non-hydrogen) atoms. The summed E-state index contributed by atoms with van der Waals surface area (Å²) in [6.07, 6.45) is 1.72. The van der Waals surface area contributed by atoms with E-state index in [1.54, 1.807) is 12.3 Å². The maximum absolute atomic E-state index is 10.5. The van der Waals surface area contributed by atoms with Gasteiger partial charge in [-0.1, -0.05) is 48.5 Å². The van der Waals surface area contributed by atoms with Crippen molar-refractivity contribution in [3.05, 3.63) is 96.6 Å². The van der Waals surface area contributed by atoms with Gasteiger partial charge in [-0.05, 0) is 55.8 Å². The predicted molar refractivity (Wildman–Crippen MR) is 144 cm³/mol. The molecule has 1 heterocycles. The molecule has 0 fully saturated rings. The van der Waals surface area contributed by atoms with Gasteiger partial charge in [-0.15, -0.1) is 0 Å². The van der Waals surface area contributed by atoms with Gasteiger partial charge in [-0.25, -0.2) is 4.98 Å². The first kappa shape index (κ1) is 21.7. The number of aliphatic imine (C=N–C) groups is 1. The zero-order valence-corrected chi connectivity index (χ0v) is 19.4. The third-order valence-electron chi connectivity index (χ3n) is 6.24. The van der Waals surface area contributed by atoms with Crippen molar-refractivity contribution in [1.82, 2.24) is 4.98 Å². The van der Waals surface area contributed by atoms with Gasteiger partial charge < -0.3 is 10.0 Å². The number of aromatic hydroxyl groups is 1. The number of rotatable bonds is 6. The van der Waals surface area contributed by atoms with Crippen LogP contribution in [0.15, 0.2) is 96.0 Å². The van der Waals surface area contributed by atoms with E-state index >= 15 is 0 Å². The minimum Gasteiger partial charge on any atom is -0.507 e. The first-order valence-electron chi connectivity index (χ1n) is 11.7. The summed E-state index contributed by atoms with van der Waals surface area (Å²) in [7, 11) is 0. The summed E-state index contributed by atoms with van der Waals surface area (Å²) in [5, 5.41) is 12.7. The first-order chi connectivity index (χ1) is 16.7. The lowest BCUT2D eigenvalue weighted by atomic mass is 9.96. The number of anilines is 1. The Hall–Kier alpha value is -4.18. The van der Waals surface area contributed by atoms with Crippen molar-refractivity contribution in [3.63, 3.8) is 0 Å². The second-order valence-corrected chi connectivity index (χ2v) is 8.24. The molecule has 0 bridgehead atoms. The van der Waals surface area contributed by atoms with Crippen LogP contribution in [0.3, 0.4) is 0 Å². The summed E-state index contributed by atoms with van der Waals surface area (Å²) in [6.45, 7) is 6.02. The summed E-state index contributed by atoms with van der Waals surface area (Å²) in [5.41, 5.74) is 6.83. The van der Waals surface area contributed by atoms with Crippen LogP contribution in [0.25, 0.3) is 32.9 Å². The van der Waals surface area contributed by atoms with Gasteiger partial charge in [0.1, 0.15) is 5.75 Å². The highest BCUT2D eigenvalue weighted by Crippen LogP contribution is 2.35. The Bertz CT molecular complexity index is 1430. The van der Waals surface area contributed by atoms with Gasteiger partial charge in [-0.2, -0.15) is 0 Å². The van der Waals surface area contributed by atoms with E-state index in [1.165, 1.54) is 5.56 Å². The summed E-state index contributed by atoms with van der Waals surface area (Å²) < 4.78 is 0. The van der Waals surface area contributed by atoms with Crippen molar-refractivity contribution >= 4 is 39.4 Å². The topological polar surface area (TPSA) is 48.7 Å². The molecule has 0 aliphatic carbocycles. The number of aromatic nitrogens is 1. The number of para-hydroxylation sites is 2. The normalized spacial score (nSPS) is 11.5. The zero-order valence-electron chi connectivity index (χ0n) is 19.4. The van der Waals surface area contributed by atoms with Crippen molar-refractivity contribution in [2.45, 2.75) is 13.8 Å². The molecule has 168 valence electrons. The Kier molecular flexibility index (Phi) is 5.96. The van der Waals surface area contributed by atoms with E-state index in [9.17, 15) is 5.11 Å². The molecule has 5 rings (SSSR count). The van der Waals surface area contributed by atoms with Gasteiger partial charge in [0.2, 0.25) is 0 Å². The number of pyridine rings is 1. The van der Waals surface area contributed by atoms with Gasteiger partial charge in [0.05, 0.1) is 16.7 Å². The Morgan fingerprint density at radius 2 is 1.41 bits per heavy atom. The number of hydrogen-bond donors (Lipinski definition) is 1. The number of phenols is 1. The second kappa shape index (κ2) is 9.36. The van der Waals surface area contributed by atoms with Gasteiger partial charge in [0, 0.05) is 53.0 Å². The van der Waals surface area contributed by atoms with E-state index in [2.05, 4.69) is 72.3 Å². The van der Waals surface area contributed by atoms with E-state index < -0.39 is 0 Å². The van der Waals surface area contributed by atoms with Crippen LogP contribution in [0.1, 0.15) is 19.4 Å². The molecule has 4 heteroatoms. The number of hydrogen-bond acceptors (Lipinski definition) is 4. The zero-order chi connectivity index (χ0) is 23.5. The Morgan fingerprint density at radius 1 is 0.794 bits per heavy atom. The number of phenolic OH excluding ortho intramolecular Hbond substituents is 1. The fourth-order valence-electron chi connectivity index (χ4n) is 4.44. The van der Waals surface area contributed by atoms with Gasteiger partial charge in [-0.3, -0.25) is 4.99 Å². The minimum atomic E-state index is 0.236. The molecule has 0 spiro atoms. The lowest BCUT2D eigenvalue weighted by molar-refractivity contribution is 0.474. The van der Waals surface area contributed by atoms with Crippen LogP contribution in [0.5, 0.6) is 5.75 Å². The van der Waals surface area contributed by atoms with Crippen LogP contribution >= 0.6 is 0 Å². The highest BCUT2D eigenvalue weighted by Gasteiger charge is 2.11. The van der Waals surface area contributed by atoms with E-state index in [0.29, 0.717) is 5.56 Å². The Balaban J connectivity index is 1.47. The molecule has 0 radical (unpaired) electrons. The summed E-state index contributed by atoms with van der Waals surface area (Å²) in [6, 6.07) is 30.5.